The molecular weight excluding hydrogens is 684 g/mol. The average Bonchev–Trinajstić information content (AvgIpc) is 3.12. The molecule has 1 fully saturated rings. The molecule has 2 aromatic heterocycles. The number of guanidine groups is 4. The van der Waals surface area contributed by atoms with Crippen molar-refractivity contribution in [2.24, 2.45) is 65.8 Å². The topological polar surface area (TPSA) is 390 Å². The number of hydrogen-bond acceptors (Lipinski definition) is 16. The summed E-state index contributed by atoms with van der Waals surface area (Å²) in [7, 11) is 0. The number of nitrogens with one attached hydrogen (secondary N) is 4. The molecule has 20 N–H and O–H groups in total. The van der Waals surface area contributed by atoms with Gasteiger partial charge in [0.05, 0.1) is 32.2 Å². The van der Waals surface area contributed by atoms with Gasteiger partial charge >= 0.3 is 0 Å². The number of nitrogens with zero attached hydrogens (tertiary/aromatic N) is 12. The molecule has 0 bridgehead atoms. The second kappa shape index (κ2) is 20.1. The van der Waals surface area contributed by atoms with E-state index in [1.54, 1.807) is 0 Å². The molecule has 3 aromatic rings. The first-order chi connectivity index (χ1) is 25.5. The number of aliphatic imine (C=N–C) groups is 4. The van der Waals surface area contributed by atoms with E-state index in [1.807, 2.05) is 18.2 Å². The Hall–Kier alpha value is -6.88. The molecule has 24 heteroatoms. The summed E-state index contributed by atoms with van der Waals surface area (Å²) in [5.74, 6) is 2.28. The van der Waals surface area contributed by atoms with Gasteiger partial charge in [-0.25, -0.2) is 0 Å². The molecule has 1 aliphatic heterocycles. The number of piperazine rings is 1. The average molecular weight is 735 g/mol. The first-order valence-corrected chi connectivity index (χ1v) is 16.8. The van der Waals surface area contributed by atoms with Crippen molar-refractivity contribution in [2.75, 3.05) is 103 Å². The van der Waals surface area contributed by atoms with Crippen molar-refractivity contribution in [1.29, 1.82) is 0 Å². The van der Waals surface area contributed by atoms with E-state index in [4.69, 9.17) is 65.8 Å². The van der Waals surface area contributed by atoms with Crippen LogP contribution in [-0.2, 0) is 6.42 Å². The second-order valence-electron chi connectivity index (χ2n) is 11.5. The largest absolute Gasteiger partial charge is 0.370 e. The molecular formula is C29H50N24. The summed E-state index contributed by atoms with van der Waals surface area (Å²) < 4.78 is 0. The fraction of sp³-hybridized carbons (Fsp3) is 0.448. The van der Waals surface area contributed by atoms with Gasteiger partial charge in [-0.15, -0.1) is 0 Å². The van der Waals surface area contributed by atoms with Crippen LogP contribution in [0.3, 0.4) is 0 Å². The molecule has 1 saturated heterocycles. The highest BCUT2D eigenvalue weighted by atomic mass is 15.4. The molecule has 53 heavy (non-hydrogen) atoms. The van der Waals surface area contributed by atoms with Crippen LogP contribution in [-0.4, -0.2) is 132 Å². The Kier molecular flexibility index (Phi) is 14.8. The lowest BCUT2D eigenvalue weighted by Gasteiger charge is -2.41. The van der Waals surface area contributed by atoms with Gasteiger partial charge in [-0.05, 0) is 12.0 Å². The number of hydrogen-bond donors (Lipinski definition) is 12. The molecule has 4 rings (SSSR count). The van der Waals surface area contributed by atoms with E-state index in [0.717, 1.165) is 5.56 Å². The Bertz CT molecular complexity index is 1610. The van der Waals surface area contributed by atoms with Crippen molar-refractivity contribution in [1.82, 2.24) is 29.9 Å². The van der Waals surface area contributed by atoms with Crippen LogP contribution in [0.4, 0.5) is 35.7 Å². The molecule has 0 spiro atoms. The third-order valence-corrected chi connectivity index (χ3v) is 7.34. The van der Waals surface area contributed by atoms with Crippen molar-refractivity contribution >= 4 is 59.5 Å². The van der Waals surface area contributed by atoms with Crippen LogP contribution in [0, 0.1) is 0 Å². The van der Waals surface area contributed by atoms with Gasteiger partial charge in [0, 0.05) is 45.8 Å². The number of anilines is 6. The number of nitrogens with two attached hydrogens (primary N) is 8. The number of rotatable bonds is 20. The summed E-state index contributed by atoms with van der Waals surface area (Å²) in [6.07, 6.45) is 0.669. The van der Waals surface area contributed by atoms with E-state index in [-0.39, 0.29) is 29.9 Å². The fourth-order valence-corrected chi connectivity index (χ4v) is 5.09. The smallest absolute Gasteiger partial charge is 0.232 e. The maximum Gasteiger partial charge on any atom is 0.232 e. The van der Waals surface area contributed by atoms with Crippen molar-refractivity contribution < 1.29 is 0 Å². The van der Waals surface area contributed by atoms with E-state index >= 15 is 0 Å². The Balaban J connectivity index is 1.63. The summed E-state index contributed by atoms with van der Waals surface area (Å²) in [6, 6.07) is 10.0. The van der Waals surface area contributed by atoms with E-state index in [0.29, 0.717) is 114 Å². The maximum atomic E-state index is 5.49. The van der Waals surface area contributed by atoms with Crippen molar-refractivity contribution in [2.45, 2.75) is 12.5 Å². The van der Waals surface area contributed by atoms with Gasteiger partial charge in [-0.1, -0.05) is 30.3 Å². The van der Waals surface area contributed by atoms with Crippen LogP contribution in [0.2, 0.25) is 0 Å². The minimum absolute atomic E-state index is 0.00609. The summed E-state index contributed by atoms with van der Waals surface area (Å²) in [5.41, 5.74) is 45.0. The number of aromatic nitrogens is 6. The molecule has 0 aliphatic carbocycles. The predicted octanol–water partition coefficient (Wildman–Crippen LogP) is -4.26. The Morgan fingerprint density at radius 2 is 0.943 bits per heavy atom. The van der Waals surface area contributed by atoms with Crippen LogP contribution in [0.15, 0.2) is 50.3 Å². The Morgan fingerprint density at radius 1 is 0.547 bits per heavy atom. The molecule has 1 aliphatic rings. The van der Waals surface area contributed by atoms with E-state index in [1.165, 1.54) is 0 Å². The van der Waals surface area contributed by atoms with Gasteiger partial charge in [0.15, 0.2) is 23.8 Å². The third kappa shape index (κ3) is 13.7. The van der Waals surface area contributed by atoms with Crippen LogP contribution >= 0.6 is 0 Å². The zero-order valence-corrected chi connectivity index (χ0v) is 29.4. The Labute approximate surface area is 306 Å². The van der Waals surface area contributed by atoms with Gasteiger partial charge in [0.25, 0.3) is 0 Å². The normalized spacial score (nSPS) is 13.7. The lowest BCUT2D eigenvalue weighted by Crippen LogP contribution is -2.55. The van der Waals surface area contributed by atoms with E-state index in [2.05, 4.69) is 73.1 Å². The van der Waals surface area contributed by atoms with Gasteiger partial charge in [-0.2, -0.15) is 29.9 Å². The second-order valence-corrected chi connectivity index (χ2v) is 11.5. The van der Waals surface area contributed by atoms with Gasteiger partial charge in [0.1, 0.15) is 0 Å². The molecule has 24 nitrogen and oxygen atoms in total. The van der Waals surface area contributed by atoms with Crippen molar-refractivity contribution in [3.05, 3.63) is 35.9 Å². The highest BCUT2D eigenvalue weighted by Crippen LogP contribution is 2.25. The van der Waals surface area contributed by atoms with E-state index < -0.39 is 0 Å². The molecule has 1 atom stereocenters. The van der Waals surface area contributed by atoms with Gasteiger partial charge in [-0.3, -0.25) is 20.0 Å². The maximum absolute atomic E-state index is 5.49. The van der Waals surface area contributed by atoms with Crippen molar-refractivity contribution in [3.63, 3.8) is 0 Å². The highest BCUT2D eigenvalue weighted by Gasteiger charge is 2.31. The SMILES string of the molecule is NC(N)=NCCNc1nc(NCCN=C(N)N)nc(N2CCN(c3nc(NCCN=C(N)N)nc(NCCN=C(N)N)n3)C(Cc3ccccc3)C2)n1. The molecule has 0 amide bonds. The molecule has 0 radical (unpaired) electrons. The zero-order valence-electron chi connectivity index (χ0n) is 29.4. The Morgan fingerprint density at radius 3 is 1.34 bits per heavy atom. The molecule has 3 heterocycles. The summed E-state index contributed by atoms with van der Waals surface area (Å²) in [5, 5.41) is 12.7. The summed E-state index contributed by atoms with van der Waals surface area (Å²) >= 11 is 0. The fourth-order valence-electron chi connectivity index (χ4n) is 5.09. The minimum atomic E-state index is -0.120. The zero-order chi connectivity index (χ0) is 38.0. The number of benzene rings is 1. The third-order valence-electron chi connectivity index (χ3n) is 7.34. The standard InChI is InChI=1S/C29H50N24/c30-20(31)38-6-10-42-24-46-25(43-11-7-39-21(32)33)49-28(48-24)52-14-15-53(19(17-52)16-18-4-2-1-3-5-18)29-50-26(44-12-8-40-22(34)35)47-27(51-29)45-13-9-41-23(36)37/h1-5,19H,6-17H2,(H4,30,31,38)(H4,32,33,39)(H4,34,35,40)(H4,36,37,41)(H2,42,43,46,48,49)(H2,44,45,47,50,51). The van der Waals surface area contributed by atoms with Crippen molar-refractivity contribution in [3.8, 4) is 0 Å². The van der Waals surface area contributed by atoms with Crippen LogP contribution in [0.5, 0.6) is 0 Å². The first-order valence-electron chi connectivity index (χ1n) is 16.8. The minimum Gasteiger partial charge on any atom is -0.370 e. The van der Waals surface area contributed by atoms with Crippen LogP contribution in [0.25, 0.3) is 0 Å². The predicted molar refractivity (Wildman–Crippen MR) is 210 cm³/mol. The van der Waals surface area contributed by atoms with Crippen LogP contribution < -0.4 is 76.9 Å². The highest BCUT2D eigenvalue weighted by molar-refractivity contribution is 5.76. The molecule has 1 aromatic carbocycles. The first kappa shape index (κ1) is 38.9. The quantitative estimate of drug-likeness (QED) is 0.0297. The molecule has 286 valence electrons. The van der Waals surface area contributed by atoms with Gasteiger partial charge in [0.2, 0.25) is 35.7 Å². The lowest BCUT2D eigenvalue weighted by atomic mass is 10.0. The van der Waals surface area contributed by atoms with Gasteiger partial charge < -0.3 is 76.9 Å². The van der Waals surface area contributed by atoms with Crippen LogP contribution in [0.1, 0.15) is 5.56 Å². The summed E-state index contributed by atoms with van der Waals surface area (Å²) in [6.45, 7) is 4.45. The molecule has 1 unspecified atom stereocenters. The monoisotopic (exact) mass is 734 g/mol. The summed E-state index contributed by atoms with van der Waals surface area (Å²) in [4.78, 5) is 48.5. The molecule has 0 saturated carbocycles. The lowest BCUT2D eigenvalue weighted by molar-refractivity contribution is 0.502. The van der Waals surface area contributed by atoms with E-state index in [9.17, 15) is 0 Å².